The van der Waals surface area contributed by atoms with Crippen LogP contribution >= 0.6 is 11.8 Å². The molecule has 0 aromatic heterocycles. The van der Waals surface area contributed by atoms with Gasteiger partial charge in [0.1, 0.15) is 0 Å². The first kappa shape index (κ1) is 15.6. The number of rotatable bonds is 6. The summed E-state index contributed by atoms with van der Waals surface area (Å²) in [6.07, 6.45) is 2.04. The van der Waals surface area contributed by atoms with E-state index in [-0.39, 0.29) is 5.91 Å². The molecule has 0 saturated heterocycles. The number of thioether (sulfide) groups is 1. The van der Waals surface area contributed by atoms with E-state index in [0.717, 1.165) is 11.3 Å². The summed E-state index contributed by atoms with van der Waals surface area (Å²) in [6.45, 7) is 4.12. The van der Waals surface area contributed by atoms with Crippen molar-refractivity contribution in [2.24, 2.45) is 0 Å². The predicted octanol–water partition coefficient (Wildman–Crippen LogP) is 2.48. The van der Waals surface area contributed by atoms with Gasteiger partial charge in [-0.25, -0.2) is 4.79 Å². The average Bonchev–Trinajstić information content (AvgIpc) is 2.44. The minimum atomic E-state index is -0.778. The normalized spacial score (nSPS) is 11.7. The Morgan fingerprint density at radius 3 is 2.47 bits per heavy atom. The molecule has 5 heteroatoms. The number of ether oxygens (including phenoxy) is 1. The number of hydrogen-bond donors (Lipinski definition) is 1. The highest BCUT2D eigenvalue weighted by Gasteiger charge is 2.18. The van der Waals surface area contributed by atoms with Gasteiger partial charge in [-0.1, -0.05) is 6.92 Å². The maximum absolute atomic E-state index is 11.8. The molecular formula is C14H19NO3S. The van der Waals surface area contributed by atoms with Crippen molar-refractivity contribution in [3.05, 3.63) is 29.8 Å². The highest BCUT2D eigenvalue weighted by molar-refractivity contribution is 7.98. The zero-order chi connectivity index (χ0) is 14.3. The first-order valence-electron chi connectivity index (χ1n) is 6.21. The van der Waals surface area contributed by atoms with Crippen molar-refractivity contribution in [2.75, 3.05) is 12.8 Å². The van der Waals surface area contributed by atoms with Crippen LogP contribution in [-0.2, 0) is 9.53 Å². The molecule has 0 aliphatic carbocycles. The molecule has 1 atom stereocenters. The molecule has 0 fully saturated rings. The Morgan fingerprint density at radius 1 is 1.32 bits per heavy atom. The molecule has 0 aliphatic rings. The lowest BCUT2D eigenvalue weighted by Gasteiger charge is -2.13. The van der Waals surface area contributed by atoms with Gasteiger partial charge in [-0.05, 0) is 43.9 Å². The quantitative estimate of drug-likeness (QED) is 0.643. The monoisotopic (exact) mass is 281 g/mol. The van der Waals surface area contributed by atoms with Gasteiger partial charge in [0, 0.05) is 11.4 Å². The van der Waals surface area contributed by atoms with Crippen molar-refractivity contribution in [2.45, 2.75) is 31.3 Å². The summed E-state index contributed by atoms with van der Waals surface area (Å²) in [5, 5.41) is 2.69. The summed E-state index contributed by atoms with van der Waals surface area (Å²) in [5.41, 5.74) is 0.452. The van der Waals surface area contributed by atoms with Crippen LogP contribution in [0, 0.1) is 0 Å². The highest BCUT2D eigenvalue weighted by Crippen LogP contribution is 2.15. The minimum absolute atomic E-state index is 0.268. The Kier molecular flexibility index (Phi) is 6.42. The highest BCUT2D eigenvalue weighted by atomic mass is 32.2. The molecule has 0 heterocycles. The molecule has 1 aromatic carbocycles. The molecule has 1 amide bonds. The lowest BCUT2D eigenvalue weighted by molar-refractivity contribution is -0.129. The second kappa shape index (κ2) is 7.84. The van der Waals surface area contributed by atoms with E-state index < -0.39 is 12.1 Å². The summed E-state index contributed by atoms with van der Waals surface area (Å²) in [4.78, 5) is 24.5. The Bertz CT molecular complexity index is 431. The van der Waals surface area contributed by atoms with Crippen LogP contribution in [0.25, 0.3) is 0 Å². The van der Waals surface area contributed by atoms with Crippen molar-refractivity contribution in [1.29, 1.82) is 0 Å². The van der Waals surface area contributed by atoms with Crippen molar-refractivity contribution < 1.29 is 14.3 Å². The van der Waals surface area contributed by atoms with Crippen LogP contribution in [0.3, 0.4) is 0 Å². The lowest BCUT2D eigenvalue weighted by atomic mass is 10.2. The van der Waals surface area contributed by atoms with Gasteiger partial charge in [0.15, 0.2) is 6.10 Å². The Labute approximate surface area is 117 Å². The third-order valence-electron chi connectivity index (χ3n) is 2.53. The molecule has 19 heavy (non-hydrogen) atoms. The van der Waals surface area contributed by atoms with Crippen molar-refractivity contribution >= 4 is 23.6 Å². The van der Waals surface area contributed by atoms with Crippen LogP contribution in [0.4, 0.5) is 0 Å². The van der Waals surface area contributed by atoms with Gasteiger partial charge in [-0.2, -0.15) is 0 Å². The van der Waals surface area contributed by atoms with Gasteiger partial charge >= 0.3 is 5.97 Å². The maximum atomic E-state index is 11.8. The number of esters is 1. The molecular weight excluding hydrogens is 262 g/mol. The molecule has 0 bridgehead atoms. The number of benzene rings is 1. The summed E-state index contributed by atoms with van der Waals surface area (Å²) in [7, 11) is 0. The van der Waals surface area contributed by atoms with E-state index in [1.165, 1.54) is 0 Å². The Morgan fingerprint density at radius 2 is 1.95 bits per heavy atom. The fraction of sp³-hybridized carbons (Fsp3) is 0.429. The molecule has 0 spiro atoms. The standard InChI is InChI=1S/C14H19NO3S/c1-4-9-15-13(16)10(2)18-14(17)11-5-7-12(19-3)8-6-11/h5-8,10H,4,9H2,1-3H3,(H,15,16)/t10-/m0/s1. The molecule has 1 rings (SSSR count). The van der Waals surface area contributed by atoms with Gasteiger partial charge < -0.3 is 10.1 Å². The van der Waals surface area contributed by atoms with Gasteiger partial charge in [0.2, 0.25) is 0 Å². The number of carbonyl (C=O) groups excluding carboxylic acids is 2. The van der Waals surface area contributed by atoms with E-state index in [2.05, 4.69) is 5.32 Å². The van der Waals surface area contributed by atoms with Crippen molar-refractivity contribution in [1.82, 2.24) is 5.32 Å². The zero-order valence-electron chi connectivity index (χ0n) is 11.4. The number of hydrogen-bond acceptors (Lipinski definition) is 4. The number of carbonyl (C=O) groups is 2. The van der Waals surface area contributed by atoms with Crippen LogP contribution < -0.4 is 5.32 Å². The third-order valence-corrected chi connectivity index (χ3v) is 3.27. The Hall–Kier alpha value is -1.49. The fourth-order valence-corrected chi connectivity index (χ4v) is 1.81. The van der Waals surface area contributed by atoms with Gasteiger partial charge in [-0.15, -0.1) is 11.8 Å². The van der Waals surface area contributed by atoms with Crippen molar-refractivity contribution in [3.8, 4) is 0 Å². The SMILES string of the molecule is CCCNC(=O)[C@H](C)OC(=O)c1ccc(SC)cc1. The largest absolute Gasteiger partial charge is 0.449 e. The first-order chi connectivity index (χ1) is 9.08. The van der Waals surface area contributed by atoms with E-state index in [1.807, 2.05) is 25.3 Å². The molecule has 0 radical (unpaired) electrons. The molecule has 1 N–H and O–H groups in total. The van der Waals surface area contributed by atoms with E-state index in [0.29, 0.717) is 12.1 Å². The van der Waals surface area contributed by atoms with Crippen molar-refractivity contribution in [3.63, 3.8) is 0 Å². The van der Waals surface area contributed by atoms with Gasteiger partial charge in [0.05, 0.1) is 5.56 Å². The van der Waals surface area contributed by atoms with Crippen LogP contribution in [0.1, 0.15) is 30.6 Å². The summed E-state index contributed by atoms with van der Waals surface area (Å²) in [5.74, 6) is -0.747. The van der Waals surface area contributed by atoms with E-state index >= 15 is 0 Å². The zero-order valence-corrected chi connectivity index (χ0v) is 12.3. The second-order valence-corrected chi connectivity index (χ2v) is 4.95. The molecule has 1 aromatic rings. The molecule has 0 saturated carbocycles. The molecule has 0 aliphatic heterocycles. The number of nitrogens with one attached hydrogen (secondary N) is 1. The average molecular weight is 281 g/mol. The van der Waals surface area contributed by atoms with Gasteiger partial charge in [-0.3, -0.25) is 4.79 Å². The second-order valence-electron chi connectivity index (χ2n) is 4.07. The summed E-state index contributed by atoms with van der Waals surface area (Å²) in [6, 6.07) is 7.10. The lowest BCUT2D eigenvalue weighted by Crippen LogP contribution is -2.36. The minimum Gasteiger partial charge on any atom is -0.449 e. The number of amides is 1. The smallest absolute Gasteiger partial charge is 0.338 e. The predicted molar refractivity (Wildman–Crippen MR) is 76.4 cm³/mol. The topological polar surface area (TPSA) is 55.4 Å². The van der Waals surface area contributed by atoms with Crippen LogP contribution in [-0.4, -0.2) is 30.8 Å². The summed E-state index contributed by atoms with van der Waals surface area (Å²) < 4.78 is 5.11. The summed E-state index contributed by atoms with van der Waals surface area (Å²) >= 11 is 1.60. The van der Waals surface area contributed by atoms with Crippen LogP contribution in [0.5, 0.6) is 0 Å². The first-order valence-corrected chi connectivity index (χ1v) is 7.43. The van der Waals surface area contributed by atoms with Crippen LogP contribution in [0.15, 0.2) is 29.2 Å². The van der Waals surface area contributed by atoms with Crippen LogP contribution in [0.2, 0.25) is 0 Å². The fourth-order valence-electron chi connectivity index (χ4n) is 1.40. The molecule has 0 unspecified atom stereocenters. The molecule has 104 valence electrons. The third kappa shape index (κ3) is 4.95. The van der Waals surface area contributed by atoms with E-state index in [4.69, 9.17) is 4.74 Å². The molecule has 4 nitrogen and oxygen atoms in total. The van der Waals surface area contributed by atoms with Gasteiger partial charge in [0.25, 0.3) is 5.91 Å². The van der Waals surface area contributed by atoms with E-state index in [9.17, 15) is 9.59 Å². The van der Waals surface area contributed by atoms with E-state index in [1.54, 1.807) is 30.8 Å². The Balaban J connectivity index is 2.55. The maximum Gasteiger partial charge on any atom is 0.338 e.